The standard InChI is InChI=1S/C25H37N3O6/c1-16(2)14-18(27-24(33)34-25(3,4)5)21(29)26-19(15-17-10-7-6-8-11-17)22(30)28-13-9-12-20(28)23(31)32/h6-8,10-11,16,18-20H,9,12-15H2,1-5H3,(H,26,29)(H,27,33)(H,31,32)/t18-,19-,20-/m0/s1/i/hD. The molecule has 1 aliphatic heterocycles. The van der Waals surface area contributed by atoms with Crippen molar-refractivity contribution in [3.63, 3.8) is 0 Å². The van der Waals surface area contributed by atoms with Gasteiger partial charge in [-0.3, -0.25) is 9.59 Å². The van der Waals surface area contributed by atoms with Crippen molar-refractivity contribution in [3.05, 3.63) is 35.9 Å². The zero-order valence-corrected chi connectivity index (χ0v) is 20.6. The molecule has 3 atom stereocenters. The quantitative estimate of drug-likeness (QED) is 0.503. The first-order valence-corrected chi connectivity index (χ1v) is 11.7. The van der Waals surface area contributed by atoms with Gasteiger partial charge in [0.05, 0.1) is 0 Å². The van der Waals surface area contributed by atoms with E-state index >= 15 is 0 Å². The fourth-order valence-corrected chi connectivity index (χ4v) is 3.89. The van der Waals surface area contributed by atoms with Gasteiger partial charge in [0.1, 0.15) is 23.7 Å². The Morgan fingerprint density at radius 1 is 1.18 bits per heavy atom. The third kappa shape index (κ3) is 8.35. The minimum atomic E-state index is -1.19. The molecule has 0 bridgehead atoms. The van der Waals surface area contributed by atoms with Crippen molar-refractivity contribution >= 4 is 23.9 Å². The Balaban J connectivity index is 2.30. The normalized spacial score (nSPS) is 18.1. The number of ether oxygens (including phenoxy) is 1. The molecule has 1 fully saturated rings. The van der Waals surface area contributed by atoms with E-state index in [2.05, 4.69) is 5.32 Å². The lowest BCUT2D eigenvalue weighted by Gasteiger charge is -2.29. The number of aliphatic carboxylic acids is 1. The highest BCUT2D eigenvalue weighted by Crippen LogP contribution is 2.20. The van der Waals surface area contributed by atoms with E-state index in [0.29, 0.717) is 18.2 Å². The monoisotopic (exact) mass is 476 g/mol. The number of alkyl carbamates (subject to hydrolysis) is 1. The first-order chi connectivity index (χ1) is 16.3. The molecule has 9 heteroatoms. The van der Waals surface area contributed by atoms with Crippen LogP contribution in [0.5, 0.6) is 0 Å². The second kappa shape index (κ2) is 11.9. The molecule has 0 unspecified atom stereocenters. The van der Waals surface area contributed by atoms with E-state index in [4.69, 9.17) is 6.15 Å². The van der Waals surface area contributed by atoms with Gasteiger partial charge in [-0.1, -0.05) is 44.2 Å². The predicted molar refractivity (Wildman–Crippen MR) is 127 cm³/mol. The lowest BCUT2D eigenvalue weighted by molar-refractivity contribution is -0.149. The average Bonchev–Trinajstić information content (AvgIpc) is 3.25. The highest BCUT2D eigenvalue weighted by molar-refractivity contribution is 5.93. The van der Waals surface area contributed by atoms with Crippen molar-refractivity contribution in [2.24, 2.45) is 5.92 Å². The number of rotatable bonds is 9. The van der Waals surface area contributed by atoms with Crippen molar-refractivity contribution < 1.29 is 30.4 Å². The molecule has 0 radical (unpaired) electrons. The fraction of sp³-hybridized carbons (Fsp3) is 0.600. The van der Waals surface area contributed by atoms with Gasteiger partial charge in [0.15, 0.2) is 1.41 Å². The number of carboxylic acid groups (broad SMARTS) is 1. The predicted octanol–water partition coefficient (Wildman–Crippen LogP) is 2.73. The number of nitrogens with zero attached hydrogens (tertiary/aromatic N) is 1. The molecule has 1 heterocycles. The molecule has 0 saturated carbocycles. The van der Waals surface area contributed by atoms with Crippen LogP contribution in [0.2, 0.25) is 1.41 Å². The minimum Gasteiger partial charge on any atom is -0.480 e. The van der Waals surface area contributed by atoms with Crippen LogP contribution in [0, 0.1) is 5.92 Å². The zero-order chi connectivity index (χ0) is 26.3. The van der Waals surface area contributed by atoms with Crippen LogP contribution in [0.25, 0.3) is 0 Å². The third-order valence-electron chi connectivity index (χ3n) is 5.37. The second-order valence-electron chi connectivity index (χ2n) is 10.0. The van der Waals surface area contributed by atoms with Gasteiger partial charge in [-0.25, -0.2) is 9.59 Å². The van der Waals surface area contributed by atoms with Gasteiger partial charge in [-0.15, -0.1) is 0 Å². The molecule has 1 saturated heterocycles. The average molecular weight is 477 g/mol. The molecule has 0 aromatic heterocycles. The molecule has 3 amide bonds. The summed E-state index contributed by atoms with van der Waals surface area (Å²) < 4.78 is 13.6. The van der Waals surface area contributed by atoms with E-state index in [9.17, 15) is 24.3 Å². The Labute approximate surface area is 202 Å². The molecular formula is C25H37N3O6. The second-order valence-corrected chi connectivity index (χ2v) is 10.0. The Morgan fingerprint density at radius 2 is 1.82 bits per heavy atom. The largest absolute Gasteiger partial charge is 0.480 e. The van der Waals surface area contributed by atoms with Gasteiger partial charge in [-0.2, -0.15) is 0 Å². The Bertz CT molecular complexity index is 902. The molecule has 0 aliphatic carbocycles. The van der Waals surface area contributed by atoms with Crippen LogP contribution in [0.4, 0.5) is 4.79 Å². The molecule has 3 N–H and O–H groups in total. The summed E-state index contributed by atoms with van der Waals surface area (Å²) in [5.41, 5.74) is -0.0599. The third-order valence-corrected chi connectivity index (χ3v) is 5.37. The molecule has 1 aromatic carbocycles. The van der Waals surface area contributed by atoms with E-state index in [1.165, 1.54) is 4.90 Å². The number of likely N-dealkylation sites (tertiary alicyclic amines) is 1. The number of carbonyl (C=O) groups excluding carboxylic acids is 3. The Hall–Kier alpha value is -3.10. The van der Waals surface area contributed by atoms with Crippen LogP contribution < -0.4 is 10.6 Å². The maximum atomic E-state index is 13.4. The zero-order valence-electron chi connectivity index (χ0n) is 21.6. The van der Waals surface area contributed by atoms with E-state index < -0.39 is 47.6 Å². The minimum absolute atomic E-state index is 0.0284. The van der Waals surface area contributed by atoms with Crippen LogP contribution in [0.3, 0.4) is 0 Å². The summed E-state index contributed by atoms with van der Waals surface area (Å²) in [5.74, 6) is -2.27. The molecule has 9 nitrogen and oxygen atoms in total. The number of hydrogen-bond acceptors (Lipinski definition) is 5. The van der Waals surface area contributed by atoms with Crippen LogP contribution in [-0.4, -0.2) is 64.2 Å². The summed E-state index contributed by atoms with van der Waals surface area (Å²) >= 11 is 0. The number of carbonyl (C=O) groups is 4. The summed E-state index contributed by atoms with van der Waals surface area (Å²) in [7, 11) is 0. The maximum Gasteiger partial charge on any atom is 0.408 e. The van der Waals surface area contributed by atoms with Crippen LogP contribution in [0.15, 0.2) is 30.3 Å². The summed E-state index contributed by atoms with van der Waals surface area (Å²) in [6, 6.07) is 5.89. The van der Waals surface area contributed by atoms with Crippen molar-refractivity contribution in [2.75, 3.05) is 6.54 Å². The molecule has 1 aromatic rings. The summed E-state index contributed by atoms with van der Waals surface area (Å²) in [6.45, 7) is 9.00. The first kappa shape index (κ1) is 25.5. The molecule has 34 heavy (non-hydrogen) atoms. The number of amides is 3. The Morgan fingerprint density at radius 3 is 2.38 bits per heavy atom. The first-order valence-electron chi connectivity index (χ1n) is 12.1. The van der Waals surface area contributed by atoms with Gasteiger partial charge >= 0.3 is 12.1 Å². The van der Waals surface area contributed by atoms with Crippen molar-refractivity contribution in [3.8, 4) is 0 Å². The Kier molecular flexibility index (Phi) is 8.90. The van der Waals surface area contributed by atoms with Gasteiger partial charge in [-0.05, 0) is 51.5 Å². The SMILES string of the molecule is [2H]N(C(=O)OC(C)(C)C)[C@@H](CC(C)C)C(=O)N[C@@H](Cc1ccccc1)C(=O)N1CCC[C@H]1C(=O)O. The number of nitrogens with one attached hydrogen (secondary N) is 2. The van der Waals surface area contributed by atoms with Gasteiger partial charge in [0, 0.05) is 13.0 Å². The van der Waals surface area contributed by atoms with Crippen LogP contribution >= 0.6 is 0 Å². The van der Waals surface area contributed by atoms with Crippen molar-refractivity contribution in [1.29, 1.82) is 0 Å². The summed E-state index contributed by atoms with van der Waals surface area (Å²) in [5, 5.41) is 12.8. The topological polar surface area (TPSA) is 125 Å². The lowest BCUT2D eigenvalue weighted by atomic mass is 10.0. The van der Waals surface area contributed by atoms with Crippen molar-refractivity contribution in [2.45, 2.75) is 84.0 Å². The lowest BCUT2D eigenvalue weighted by Crippen LogP contribution is -2.57. The van der Waals surface area contributed by atoms with Crippen molar-refractivity contribution in [1.82, 2.24) is 15.5 Å². The summed E-state index contributed by atoms with van der Waals surface area (Å²) in [4.78, 5) is 52.3. The molecule has 1 aliphatic rings. The number of benzene rings is 1. The van der Waals surface area contributed by atoms with E-state index in [1.54, 1.807) is 20.8 Å². The van der Waals surface area contributed by atoms with Crippen LogP contribution in [0.1, 0.15) is 59.4 Å². The van der Waals surface area contributed by atoms with Gasteiger partial charge in [0.25, 0.3) is 0 Å². The van der Waals surface area contributed by atoms with E-state index in [0.717, 1.165) is 5.56 Å². The fourth-order valence-electron chi connectivity index (χ4n) is 3.89. The van der Waals surface area contributed by atoms with E-state index in [-0.39, 0.29) is 25.3 Å². The summed E-state index contributed by atoms with van der Waals surface area (Å²) in [6.07, 6.45) is 0.274. The molecular weight excluding hydrogens is 438 g/mol. The molecule has 2 rings (SSSR count). The maximum absolute atomic E-state index is 13.4. The van der Waals surface area contributed by atoms with Crippen LogP contribution in [-0.2, 0) is 25.5 Å². The number of hydrogen-bond donors (Lipinski definition) is 3. The highest BCUT2D eigenvalue weighted by Gasteiger charge is 2.38. The highest BCUT2D eigenvalue weighted by atomic mass is 16.6. The molecule has 0 spiro atoms. The smallest absolute Gasteiger partial charge is 0.408 e. The number of carboxylic acids is 1. The molecule has 188 valence electrons. The van der Waals surface area contributed by atoms with E-state index in [1.807, 2.05) is 44.2 Å². The van der Waals surface area contributed by atoms with Gasteiger partial charge < -0.3 is 25.4 Å². The van der Waals surface area contributed by atoms with Gasteiger partial charge in [0.2, 0.25) is 11.8 Å².